The topological polar surface area (TPSA) is 52.0 Å². The van der Waals surface area contributed by atoms with Crippen molar-refractivity contribution < 1.29 is 4.52 Å². The van der Waals surface area contributed by atoms with Crippen molar-refractivity contribution in [1.82, 2.24) is 5.16 Å². The third-order valence-corrected chi connectivity index (χ3v) is 2.92. The summed E-state index contributed by atoms with van der Waals surface area (Å²) in [5, 5.41) is 3.71. The first kappa shape index (κ1) is 8.60. The van der Waals surface area contributed by atoms with Gasteiger partial charge in [0.2, 0.25) is 0 Å². The van der Waals surface area contributed by atoms with Crippen molar-refractivity contribution in [3.05, 3.63) is 11.8 Å². The number of nitrogens with two attached hydrogens (primary N) is 1. The normalized spacial score (nSPS) is 26.5. The molecule has 3 nitrogen and oxygen atoms in total. The molecule has 1 aromatic heterocycles. The standard InChI is InChI=1S/C10H16N2O/c1-10(2)4-3-7(6-10)8-5-9(11)12-13-8/h5,7H,3-4,6H2,1-2H3,(H2,11,12). The Labute approximate surface area is 78.3 Å². The van der Waals surface area contributed by atoms with Crippen LogP contribution in [-0.2, 0) is 0 Å². The van der Waals surface area contributed by atoms with E-state index in [1.165, 1.54) is 19.3 Å². The van der Waals surface area contributed by atoms with Crippen LogP contribution in [-0.4, -0.2) is 5.16 Å². The Morgan fingerprint density at radius 1 is 1.62 bits per heavy atom. The minimum atomic E-state index is 0.451. The molecule has 0 aromatic carbocycles. The Balaban J connectivity index is 2.12. The fourth-order valence-electron chi connectivity index (χ4n) is 2.18. The molecule has 1 fully saturated rings. The lowest BCUT2D eigenvalue weighted by Crippen LogP contribution is -2.04. The number of nitrogens with zero attached hydrogens (tertiary/aromatic N) is 1. The van der Waals surface area contributed by atoms with Gasteiger partial charge in [-0.3, -0.25) is 0 Å². The molecule has 0 aliphatic heterocycles. The molecule has 0 amide bonds. The first-order chi connectivity index (χ1) is 6.07. The maximum absolute atomic E-state index is 5.51. The van der Waals surface area contributed by atoms with Gasteiger partial charge in [-0.25, -0.2) is 0 Å². The molecule has 72 valence electrons. The van der Waals surface area contributed by atoms with E-state index in [2.05, 4.69) is 19.0 Å². The smallest absolute Gasteiger partial charge is 0.167 e. The largest absolute Gasteiger partial charge is 0.381 e. The summed E-state index contributed by atoms with van der Waals surface area (Å²) in [6.07, 6.45) is 3.64. The lowest BCUT2D eigenvalue weighted by Gasteiger charge is -2.15. The molecular formula is C10H16N2O. The Bertz CT molecular complexity index is 304. The summed E-state index contributed by atoms with van der Waals surface area (Å²) in [5.41, 5.74) is 5.96. The summed E-state index contributed by atoms with van der Waals surface area (Å²) in [6, 6.07) is 1.85. The van der Waals surface area contributed by atoms with E-state index in [0.29, 0.717) is 17.2 Å². The Morgan fingerprint density at radius 3 is 2.85 bits per heavy atom. The van der Waals surface area contributed by atoms with Gasteiger partial charge in [-0.15, -0.1) is 0 Å². The summed E-state index contributed by atoms with van der Waals surface area (Å²) in [5.74, 6) is 1.99. The van der Waals surface area contributed by atoms with Gasteiger partial charge in [0.15, 0.2) is 5.82 Å². The lowest BCUT2D eigenvalue weighted by atomic mass is 9.90. The summed E-state index contributed by atoms with van der Waals surface area (Å²) in [7, 11) is 0. The minimum Gasteiger partial charge on any atom is -0.381 e. The summed E-state index contributed by atoms with van der Waals surface area (Å²) in [6.45, 7) is 4.60. The molecule has 1 aliphatic carbocycles. The van der Waals surface area contributed by atoms with E-state index < -0.39 is 0 Å². The molecule has 2 N–H and O–H groups in total. The second-order valence-electron chi connectivity index (χ2n) is 4.76. The second kappa shape index (κ2) is 2.76. The van der Waals surface area contributed by atoms with Gasteiger partial charge < -0.3 is 10.3 Å². The quantitative estimate of drug-likeness (QED) is 0.722. The second-order valence-corrected chi connectivity index (χ2v) is 4.76. The van der Waals surface area contributed by atoms with Gasteiger partial charge in [0, 0.05) is 12.0 Å². The summed E-state index contributed by atoms with van der Waals surface area (Å²) < 4.78 is 5.17. The molecule has 1 aliphatic rings. The van der Waals surface area contributed by atoms with Crippen LogP contribution < -0.4 is 5.73 Å². The highest BCUT2D eigenvalue weighted by molar-refractivity contribution is 5.28. The van der Waals surface area contributed by atoms with Crippen LogP contribution in [0.2, 0.25) is 0 Å². The van der Waals surface area contributed by atoms with E-state index in [-0.39, 0.29) is 0 Å². The highest BCUT2D eigenvalue weighted by Gasteiger charge is 2.33. The van der Waals surface area contributed by atoms with Crippen LogP contribution >= 0.6 is 0 Å². The van der Waals surface area contributed by atoms with Crippen LogP contribution in [0.5, 0.6) is 0 Å². The predicted octanol–water partition coefficient (Wildman–Crippen LogP) is 2.55. The van der Waals surface area contributed by atoms with E-state index >= 15 is 0 Å². The summed E-state index contributed by atoms with van der Waals surface area (Å²) >= 11 is 0. The molecular weight excluding hydrogens is 164 g/mol. The van der Waals surface area contributed by atoms with Gasteiger partial charge in [-0.1, -0.05) is 19.0 Å². The Hall–Kier alpha value is -0.990. The molecule has 1 heterocycles. The maximum Gasteiger partial charge on any atom is 0.167 e. The van der Waals surface area contributed by atoms with Gasteiger partial charge >= 0.3 is 0 Å². The van der Waals surface area contributed by atoms with Crippen molar-refractivity contribution >= 4 is 5.82 Å². The first-order valence-corrected chi connectivity index (χ1v) is 4.79. The van der Waals surface area contributed by atoms with Gasteiger partial charge in [-0.05, 0) is 24.7 Å². The number of anilines is 1. The van der Waals surface area contributed by atoms with Crippen LogP contribution in [0.25, 0.3) is 0 Å². The van der Waals surface area contributed by atoms with Crippen molar-refractivity contribution in [2.24, 2.45) is 5.41 Å². The van der Waals surface area contributed by atoms with E-state index in [9.17, 15) is 0 Å². The Morgan fingerprint density at radius 2 is 2.38 bits per heavy atom. The van der Waals surface area contributed by atoms with Crippen molar-refractivity contribution in [3.63, 3.8) is 0 Å². The lowest BCUT2D eigenvalue weighted by molar-refractivity contribution is 0.338. The highest BCUT2D eigenvalue weighted by Crippen LogP contribution is 2.46. The zero-order valence-electron chi connectivity index (χ0n) is 8.21. The van der Waals surface area contributed by atoms with Crippen LogP contribution in [0.3, 0.4) is 0 Å². The molecule has 1 aromatic rings. The Kier molecular flexibility index (Phi) is 1.82. The van der Waals surface area contributed by atoms with E-state index in [1.807, 2.05) is 6.07 Å². The van der Waals surface area contributed by atoms with Crippen molar-refractivity contribution in [1.29, 1.82) is 0 Å². The minimum absolute atomic E-state index is 0.451. The number of hydrogen-bond acceptors (Lipinski definition) is 3. The van der Waals surface area contributed by atoms with Crippen LogP contribution in [0.1, 0.15) is 44.8 Å². The van der Waals surface area contributed by atoms with Gasteiger partial charge in [0.25, 0.3) is 0 Å². The molecule has 0 spiro atoms. The molecule has 0 bridgehead atoms. The summed E-state index contributed by atoms with van der Waals surface area (Å²) in [4.78, 5) is 0. The molecule has 0 radical (unpaired) electrons. The molecule has 3 heteroatoms. The van der Waals surface area contributed by atoms with Crippen molar-refractivity contribution in [2.45, 2.75) is 39.0 Å². The fraction of sp³-hybridized carbons (Fsp3) is 0.700. The van der Waals surface area contributed by atoms with E-state index in [1.54, 1.807) is 0 Å². The number of hydrogen-bond donors (Lipinski definition) is 1. The molecule has 2 rings (SSSR count). The fourth-order valence-corrected chi connectivity index (χ4v) is 2.18. The van der Waals surface area contributed by atoms with E-state index in [4.69, 9.17) is 10.3 Å². The molecule has 1 atom stereocenters. The average molecular weight is 180 g/mol. The van der Waals surface area contributed by atoms with Gasteiger partial charge in [0.1, 0.15) is 5.76 Å². The van der Waals surface area contributed by atoms with Crippen LogP contribution in [0.15, 0.2) is 10.6 Å². The number of nitrogen functional groups attached to an aromatic ring is 1. The first-order valence-electron chi connectivity index (χ1n) is 4.79. The average Bonchev–Trinajstić information content (AvgIpc) is 2.56. The zero-order chi connectivity index (χ0) is 9.47. The molecule has 0 saturated heterocycles. The maximum atomic E-state index is 5.51. The molecule has 1 saturated carbocycles. The zero-order valence-corrected chi connectivity index (χ0v) is 8.21. The van der Waals surface area contributed by atoms with E-state index in [0.717, 1.165) is 5.76 Å². The van der Waals surface area contributed by atoms with Crippen molar-refractivity contribution in [2.75, 3.05) is 5.73 Å². The third-order valence-electron chi connectivity index (χ3n) is 2.92. The third kappa shape index (κ3) is 1.69. The number of rotatable bonds is 1. The van der Waals surface area contributed by atoms with Crippen LogP contribution in [0, 0.1) is 5.41 Å². The van der Waals surface area contributed by atoms with Crippen LogP contribution in [0.4, 0.5) is 5.82 Å². The molecule has 1 unspecified atom stereocenters. The predicted molar refractivity (Wildman–Crippen MR) is 51.3 cm³/mol. The van der Waals surface area contributed by atoms with Gasteiger partial charge in [0.05, 0.1) is 0 Å². The SMILES string of the molecule is CC1(C)CCC(c2cc(N)no2)C1. The monoisotopic (exact) mass is 180 g/mol. The van der Waals surface area contributed by atoms with Gasteiger partial charge in [-0.2, -0.15) is 0 Å². The number of aromatic nitrogens is 1. The van der Waals surface area contributed by atoms with Crippen molar-refractivity contribution in [3.8, 4) is 0 Å². The highest BCUT2D eigenvalue weighted by atomic mass is 16.5. The molecule has 13 heavy (non-hydrogen) atoms.